The first-order chi connectivity index (χ1) is 10.7. The van der Waals surface area contributed by atoms with Crippen molar-refractivity contribution in [2.45, 2.75) is 18.3 Å². The molecule has 0 atom stereocenters. The summed E-state index contributed by atoms with van der Waals surface area (Å²) in [6, 6.07) is 16.3. The summed E-state index contributed by atoms with van der Waals surface area (Å²) in [4.78, 5) is 11.9. The van der Waals surface area contributed by atoms with Crippen molar-refractivity contribution in [1.82, 2.24) is 5.32 Å². The number of carbonyl (C=O) groups excluding carboxylic acids is 1. The Balaban J connectivity index is 1.57. The first-order valence-electron chi connectivity index (χ1n) is 7.45. The van der Waals surface area contributed by atoms with Crippen LogP contribution in [0.25, 0.3) is 6.08 Å². The number of nitrogens with one attached hydrogen (secondary N) is 1. The van der Waals surface area contributed by atoms with Crippen LogP contribution in [0.2, 0.25) is 0 Å². The van der Waals surface area contributed by atoms with E-state index in [1.165, 1.54) is 12.1 Å². The Bertz CT molecular complexity index is 672. The molecule has 3 heteroatoms. The summed E-state index contributed by atoms with van der Waals surface area (Å²) in [5, 5.41) is 2.95. The molecule has 0 saturated heterocycles. The molecule has 0 bridgehead atoms. The molecule has 1 N–H and O–H groups in total. The van der Waals surface area contributed by atoms with Gasteiger partial charge in [-0.25, -0.2) is 4.39 Å². The van der Waals surface area contributed by atoms with Gasteiger partial charge in [0.05, 0.1) is 0 Å². The molecule has 3 rings (SSSR count). The molecular weight excluding hydrogens is 277 g/mol. The van der Waals surface area contributed by atoms with E-state index in [-0.39, 0.29) is 17.1 Å². The Morgan fingerprint density at radius 3 is 2.41 bits per heavy atom. The van der Waals surface area contributed by atoms with Crippen molar-refractivity contribution < 1.29 is 9.18 Å². The summed E-state index contributed by atoms with van der Waals surface area (Å²) in [7, 11) is 0. The molecular formula is C19H18FNO. The highest BCUT2D eigenvalue weighted by molar-refractivity contribution is 5.91. The van der Waals surface area contributed by atoms with Crippen LogP contribution in [0.3, 0.4) is 0 Å². The normalized spacial score (nSPS) is 15.7. The maximum absolute atomic E-state index is 13.0. The van der Waals surface area contributed by atoms with Crippen LogP contribution in [0, 0.1) is 5.82 Å². The molecule has 0 heterocycles. The fraction of sp³-hybridized carbons (Fsp3) is 0.211. The predicted molar refractivity (Wildman–Crippen MR) is 85.8 cm³/mol. The number of hydrogen-bond acceptors (Lipinski definition) is 1. The van der Waals surface area contributed by atoms with Gasteiger partial charge in [-0.15, -0.1) is 0 Å². The molecule has 0 radical (unpaired) electrons. The molecule has 2 aromatic carbocycles. The molecule has 0 spiro atoms. The molecule has 1 amide bonds. The van der Waals surface area contributed by atoms with Gasteiger partial charge in [0.25, 0.3) is 0 Å². The Morgan fingerprint density at radius 1 is 1.09 bits per heavy atom. The van der Waals surface area contributed by atoms with Gasteiger partial charge in [0, 0.05) is 18.0 Å². The Morgan fingerprint density at radius 2 is 1.77 bits per heavy atom. The average Bonchev–Trinajstić information content (AvgIpc) is 3.34. The van der Waals surface area contributed by atoms with Crippen molar-refractivity contribution in [2.24, 2.45) is 0 Å². The number of carbonyl (C=O) groups is 1. The molecule has 112 valence electrons. The van der Waals surface area contributed by atoms with Crippen LogP contribution in [0.5, 0.6) is 0 Å². The predicted octanol–water partition coefficient (Wildman–Crippen LogP) is 3.69. The lowest BCUT2D eigenvalue weighted by Gasteiger charge is -2.15. The maximum atomic E-state index is 13.0. The van der Waals surface area contributed by atoms with Crippen molar-refractivity contribution >= 4 is 12.0 Å². The second-order valence-corrected chi connectivity index (χ2v) is 5.75. The quantitative estimate of drug-likeness (QED) is 0.838. The van der Waals surface area contributed by atoms with E-state index in [1.807, 2.05) is 42.5 Å². The summed E-state index contributed by atoms with van der Waals surface area (Å²) in [6.45, 7) is 0.594. The summed E-state index contributed by atoms with van der Waals surface area (Å²) in [6.07, 6.45) is 5.41. The first kappa shape index (κ1) is 14.5. The maximum Gasteiger partial charge on any atom is 0.244 e. The van der Waals surface area contributed by atoms with Gasteiger partial charge >= 0.3 is 0 Å². The molecule has 22 heavy (non-hydrogen) atoms. The minimum absolute atomic E-state index is 0.00997. The van der Waals surface area contributed by atoms with Gasteiger partial charge in [-0.05, 0) is 42.2 Å². The molecule has 1 fully saturated rings. The van der Waals surface area contributed by atoms with Gasteiger partial charge in [0.1, 0.15) is 5.82 Å². The lowest BCUT2D eigenvalue weighted by atomic mass is 9.96. The van der Waals surface area contributed by atoms with Crippen LogP contribution < -0.4 is 5.32 Å². The molecule has 0 aromatic heterocycles. The number of benzene rings is 2. The zero-order chi connectivity index (χ0) is 15.4. The summed E-state index contributed by atoms with van der Waals surface area (Å²) >= 11 is 0. The van der Waals surface area contributed by atoms with Crippen molar-refractivity contribution in [2.75, 3.05) is 6.54 Å². The highest BCUT2D eigenvalue weighted by Crippen LogP contribution is 2.47. The SMILES string of the molecule is O=C(C=Cc1ccccc1)NCC1(c2ccc(F)cc2)CC1. The largest absolute Gasteiger partial charge is 0.352 e. The molecule has 0 aliphatic heterocycles. The van der Waals surface area contributed by atoms with Crippen molar-refractivity contribution in [3.05, 3.63) is 77.6 Å². The summed E-state index contributed by atoms with van der Waals surface area (Å²) in [5.74, 6) is -0.327. The Hall–Kier alpha value is -2.42. The monoisotopic (exact) mass is 295 g/mol. The van der Waals surface area contributed by atoms with Gasteiger partial charge < -0.3 is 5.32 Å². The van der Waals surface area contributed by atoms with Crippen LogP contribution >= 0.6 is 0 Å². The van der Waals surface area contributed by atoms with E-state index >= 15 is 0 Å². The lowest BCUT2D eigenvalue weighted by molar-refractivity contribution is -0.116. The highest BCUT2D eigenvalue weighted by Gasteiger charge is 2.44. The van der Waals surface area contributed by atoms with E-state index < -0.39 is 0 Å². The topological polar surface area (TPSA) is 29.1 Å². The van der Waals surface area contributed by atoms with Gasteiger partial charge in [-0.1, -0.05) is 42.5 Å². The summed E-state index contributed by atoms with van der Waals surface area (Å²) in [5.41, 5.74) is 2.09. The molecule has 2 nitrogen and oxygen atoms in total. The van der Waals surface area contributed by atoms with Crippen LogP contribution in [-0.4, -0.2) is 12.5 Å². The third-order valence-corrected chi connectivity index (χ3v) is 4.14. The number of rotatable bonds is 5. The highest BCUT2D eigenvalue weighted by atomic mass is 19.1. The summed E-state index contributed by atoms with van der Waals surface area (Å²) < 4.78 is 13.0. The van der Waals surface area contributed by atoms with Gasteiger partial charge in [-0.3, -0.25) is 4.79 Å². The Labute approximate surface area is 129 Å². The van der Waals surface area contributed by atoms with E-state index in [9.17, 15) is 9.18 Å². The van der Waals surface area contributed by atoms with E-state index in [4.69, 9.17) is 0 Å². The standard InChI is InChI=1S/C19H18FNO/c20-17-9-7-16(8-10-17)19(12-13-19)14-21-18(22)11-6-15-4-2-1-3-5-15/h1-11H,12-14H2,(H,21,22). The molecule has 2 aromatic rings. The second-order valence-electron chi connectivity index (χ2n) is 5.75. The molecule has 1 aliphatic rings. The smallest absolute Gasteiger partial charge is 0.244 e. The number of amides is 1. The van der Waals surface area contributed by atoms with Crippen LogP contribution in [0.4, 0.5) is 4.39 Å². The average molecular weight is 295 g/mol. The minimum Gasteiger partial charge on any atom is -0.352 e. The van der Waals surface area contributed by atoms with Crippen LogP contribution in [0.1, 0.15) is 24.0 Å². The van der Waals surface area contributed by atoms with Crippen molar-refractivity contribution in [3.63, 3.8) is 0 Å². The minimum atomic E-state index is -0.227. The van der Waals surface area contributed by atoms with Gasteiger partial charge in [0.2, 0.25) is 5.91 Å². The van der Waals surface area contributed by atoms with E-state index in [0.29, 0.717) is 6.54 Å². The molecule has 0 unspecified atom stereocenters. The van der Waals surface area contributed by atoms with Crippen molar-refractivity contribution in [1.29, 1.82) is 0 Å². The van der Waals surface area contributed by atoms with E-state index in [0.717, 1.165) is 24.0 Å². The van der Waals surface area contributed by atoms with Gasteiger partial charge in [-0.2, -0.15) is 0 Å². The number of halogens is 1. The van der Waals surface area contributed by atoms with E-state index in [1.54, 1.807) is 12.2 Å². The number of hydrogen-bond donors (Lipinski definition) is 1. The zero-order valence-electron chi connectivity index (χ0n) is 12.3. The van der Waals surface area contributed by atoms with Crippen LogP contribution in [0.15, 0.2) is 60.7 Å². The van der Waals surface area contributed by atoms with Gasteiger partial charge in [0.15, 0.2) is 0 Å². The molecule has 1 saturated carbocycles. The third-order valence-electron chi connectivity index (χ3n) is 4.14. The van der Waals surface area contributed by atoms with Crippen LogP contribution in [-0.2, 0) is 10.2 Å². The Kier molecular flexibility index (Phi) is 4.05. The molecule has 1 aliphatic carbocycles. The fourth-order valence-corrected chi connectivity index (χ4v) is 2.57. The first-order valence-corrected chi connectivity index (χ1v) is 7.45. The van der Waals surface area contributed by atoms with Crippen molar-refractivity contribution in [3.8, 4) is 0 Å². The second kappa shape index (κ2) is 6.14. The lowest BCUT2D eigenvalue weighted by Crippen LogP contribution is -2.31. The van der Waals surface area contributed by atoms with E-state index in [2.05, 4.69) is 5.32 Å². The third kappa shape index (κ3) is 3.42. The zero-order valence-corrected chi connectivity index (χ0v) is 12.3. The fourth-order valence-electron chi connectivity index (χ4n) is 2.57.